The van der Waals surface area contributed by atoms with E-state index in [1.807, 2.05) is 6.08 Å². The minimum absolute atomic E-state index is 0.920. The Kier molecular flexibility index (Phi) is 2.78. The minimum atomic E-state index is 0.920. The van der Waals surface area contributed by atoms with Crippen molar-refractivity contribution in [3.63, 3.8) is 0 Å². The molecule has 0 amide bonds. The highest BCUT2D eigenvalue weighted by Crippen LogP contribution is 2.22. The summed E-state index contributed by atoms with van der Waals surface area (Å²) in [5.74, 6) is 0. The summed E-state index contributed by atoms with van der Waals surface area (Å²) in [5.41, 5.74) is 0. The summed E-state index contributed by atoms with van der Waals surface area (Å²) in [7, 11) is 0. The van der Waals surface area contributed by atoms with Crippen molar-refractivity contribution in [2.24, 2.45) is 0 Å². The zero-order valence-electron chi connectivity index (χ0n) is 5.73. The van der Waals surface area contributed by atoms with Crippen molar-refractivity contribution >= 4 is 0 Å². The van der Waals surface area contributed by atoms with Gasteiger partial charge in [0.15, 0.2) is 0 Å². The molecule has 1 aliphatic heterocycles. The zero-order chi connectivity index (χ0) is 6.53. The van der Waals surface area contributed by atoms with Crippen LogP contribution in [0.2, 0.25) is 0 Å². The Hall–Kier alpha value is -0.300. The molecule has 1 radical (unpaired) electrons. The topological polar surface area (TPSA) is 9.23 Å². The number of ether oxygens (including phenoxy) is 1. The van der Waals surface area contributed by atoms with Gasteiger partial charge in [-0.2, -0.15) is 0 Å². The Bertz CT molecular complexity index is 82.6. The summed E-state index contributed by atoms with van der Waals surface area (Å²) < 4.78 is 5.36. The summed E-state index contributed by atoms with van der Waals surface area (Å²) in [5, 5.41) is 0. The maximum Gasteiger partial charge on any atom is 0.101 e. The molecule has 0 saturated carbocycles. The Morgan fingerprint density at radius 1 is 1.56 bits per heavy atom. The summed E-state index contributed by atoms with van der Waals surface area (Å²) in [6, 6.07) is 0. The van der Waals surface area contributed by atoms with Gasteiger partial charge in [-0.25, -0.2) is 0 Å². The Morgan fingerprint density at radius 3 is 3.00 bits per heavy atom. The molecular weight excluding hydrogens is 112 g/mol. The first-order valence-electron chi connectivity index (χ1n) is 3.52. The Morgan fingerprint density at radius 2 is 2.44 bits per heavy atom. The van der Waals surface area contributed by atoms with Gasteiger partial charge in [0.05, 0.1) is 0 Å². The summed E-state index contributed by atoms with van der Waals surface area (Å²) >= 11 is 0. The molecule has 0 N–H and O–H groups in total. The molecule has 0 aromatic heterocycles. The van der Waals surface area contributed by atoms with Gasteiger partial charge in [0, 0.05) is 6.61 Å². The van der Waals surface area contributed by atoms with Gasteiger partial charge in [0.1, 0.15) is 6.10 Å². The first-order chi connectivity index (χ1) is 4.43. The largest absolute Gasteiger partial charge is 0.372 e. The minimum Gasteiger partial charge on any atom is -0.372 e. The molecule has 1 nitrogen and oxygen atoms in total. The molecule has 1 saturated heterocycles. The monoisotopic (exact) mass is 125 g/mol. The lowest BCUT2D eigenvalue weighted by molar-refractivity contribution is 0.0989. The van der Waals surface area contributed by atoms with Crippen LogP contribution >= 0.6 is 0 Å². The highest BCUT2D eigenvalue weighted by Gasteiger charge is 2.11. The third kappa shape index (κ3) is 2.19. The van der Waals surface area contributed by atoms with Crippen molar-refractivity contribution in [2.45, 2.75) is 25.7 Å². The van der Waals surface area contributed by atoms with E-state index in [1.165, 1.54) is 18.9 Å². The Labute approximate surface area is 56.7 Å². The maximum atomic E-state index is 5.36. The number of hydrogen-bond donors (Lipinski definition) is 0. The van der Waals surface area contributed by atoms with E-state index < -0.39 is 0 Å². The summed E-state index contributed by atoms with van der Waals surface area (Å²) in [6.45, 7) is 4.57. The second-order valence-electron chi connectivity index (χ2n) is 2.34. The van der Waals surface area contributed by atoms with Gasteiger partial charge in [0.2, 0.25) is 0 Å². The number of hydrogen-bond acceptors (Lipinski definition) is 1. The van der Waals surface area contributed by atoms with Crippen molar-refractivity contribution in [1.82, 2.24) is 0 Å². The fourth-order valence-corrected chi connectivity index (χ4v) is 1.03. The van der Waals surface area contributed by atoms with E-state index in [-0.39, 0.29) is 0 Å². The fourth-order valence-electron chi connectivity index (χ4n) is 1.03. The molecule has 1 fully saturated rings. The quantitative estimate of drug-likeness (QED) is 0.514. The molecule has 51 valence electrons. The average molecular weight is 125 g/mol. The zero-order valence-corrected chi connectivity index (χ0v) is 5.73. The molecule has 1 rings (SSSR count). The number of rotatable bonds is 2. The highest BCUT2D eigenvalue weighted by molar-refractivity contribution is 4.88. The third-order valence-electron chi connectivity index (χ3n) is 1.53. The van der Waals surface area contributed by atoms with Crippen molar-refractivity contribution in [3.05, 3.63) is 18.8 Å². The van der Waals surface area contributed by atoms with Crippen molar-refractivity contribution in [1.29, 1.82) is 0 Å². The molecule has 0 aromatic carbocycles. The molecule has 0 aromatic rings. The van der Waals surface area contributed by atoms with Crippen LogP contribution in [0.15, 0.2) is 12.7 Å². The van der Waals surface area contributed by atoms with Gasteiger partial charge in [-0.1, -0.05) is 6.08 Å². The second kappa shape index (κ2) is 3.67. The van der Waals surface area contributed by atoms with Crippen LogP contribution in [0.3, 0.4) is 0 Å². The SMILES string of the molecule is C=CC[C]1CCCCO1. The first kappa shape index (κ1) is 6.81. The van der Waals surface area contributed by atoms with Gasteiger partial charge < -0.3 is 4.74 Å². The maximum absolute atomic E-state index is 5.36. The van der Waals surface area contributed by atoms with Crippen LogP contribution < -0.4 is 0 Å². The van der Waals surface area contributed by atoms with E-state index in [1.54, 1.807) is 0 Å². The van der Waals surface area contributed by atoms with Crippen LogP contribution in [0.25, 0.3) is 0 Å². The lowest BCUT2D eigenvalue weighted by Gasteiger charge is -2.19. The molecule has 0 unspecified atom stereocenters. The van der Waals surface area contributed by atoms with Gasteiger partial charge in [-0.05, 0) is 25.7 Å². The molecular formula is C8H13O. The predicted molar refractivity (Wildman–Crippen MR) is 37.9 cm³/mol. The van der Waals surface area contributed by atoms with Crippen molar-refractivity contribution in [3.8, 4) is 0 Å². The first-order valence-corrected chi connectivity index (χ1v) is 3.52. The molecule has 0 aliphatic carbocycles. The van der Waals surface area contributed by atoms with Crippen LogP contribution in [0.4, 0.5) is 0 Å². The van der Waals surface area contributed by atoms with Gasteiger partial charge in [0.25, 0.3) is 0 Å². The molecule has 1 heteroatoms. The highest BCUT2D eigenvalue weighted by atomic mass is 16.5. The van der Waals surface area contributed by atoms with Crippen LogP contribution in [0.1, 0.15) is 25.7 Å². The van der Waals surface area contributed by atoms with Gasteiger partial charge in [-0.3, -0.25) is 0 Å². The molecule has 1 heterocycles. The lowest BCUT2D eigenvalue weighted by atomic mass is 10.1. The van der Waals surface area contributed by atoms with Crippen LogP contribution in [0, 0.1) is 6.10 Å². The normalized spacial score (nSPS) is 21.8. The summed E-state index contributed by atoms with van der Waals surface area (Å²) in [4.78, 5) is 0. The van der Waals surface area contributed by atoms with E-state index in [9.17, 15) is 0 Å². The molecule has 0 bridgehead atoms. The molecule has 0 atom stereocenters. The van der Waals surface area contributed by atoms with E-state index in [0.29, 0.717) is 0 Å². The van der Waals surface area contributed by atoms with Crippen LogP contribution in [-0.4, -0.2) is 6.61 Å². The molecule has 9 heavy (non-hydrogen) atoms. The van der Waals surface area contributed by atoms with Crippen molar-refractivity contribution < 1.29 is 4.74 Å². The third-order valence-corrected chi connectivity index (χ3v) is 1.53. The van der Waals surface area contributed by atoms with Crippen LogP contribution in [-0.2, 0) is 4.74 Å². The van der Waals surface area contributed by atoms with Gasteiger partial charge >= 0.3 is 0 Å². The fraction of sp³-hybridized carbons (Fsp3) is 0.625. The van der Waals surface area contributed by atoms with Crippen molar-refractivity contribution in [2.75, 3.05) is 6.61 Å². The van der Waals surface area contributed by atoms with E-state index in [4.69, 9.17) is 4.74 Å². The lowest BCUT2D eigenvalue weighted by Crippen LogP contribution is -2.09. The molecule has 1 aliphatic rings. The molecule has 0 spiro atoms. The van der Waals surface area contributed by atoms with E-state index in [0.717, 1.165) is 19.4 Å². The second-order valence-corrected chi connectivity index (χ2v) is 2.34. The predicted octanol–water partition coefficient (Wildman–Crippen LogP) is 2.29. The van der Waals surface area contributed by atoms with Crippen LogP contribution in [0.5, 0.6) is 0 Å². The smallest absolute Gasteiger partial charge is 0.101 e. The average Bonchev–Trinajstić information content (AvgIpc) is 1.91. The van der Waals surface area contributed by atoms with E-state index >= 15 is 0 Å². The standard InChI is InChI=1S/C8H13O/c1-2-5-8-6-3-4-7-9-8/h2H,1,3-7H2. The Balaban J connectivity index is 2.15. The van der Waals surface area contributed by atoms with Gasteiger partial charge in [-0.15, -0.1) is 6.58 Å². The van der Waals surface area contributed by atoms with E-state index in [2.05, 4.69) is 6.58 Å². The summed E-state index contributed by atoms with van der Waals surface area (Å²) in [6.07, 6.45) is 7.73.